The van der Waals surface area contributed by atoms with Crippen molar-refractivity contribution in [2.45, 2.75) is 27.2 Å². The number of benzene rings is 2. The molecule has 1 unspecified atom stereocenters. The van der Waals surface area contributed by atoms with Crippen molar-refractivity contribution in [2.24, 2.45) is 5.92 Å². The smallest absolute Gasteiger partial charge is 0.127 e. The Bertz CT molecular complexity index is 721. The lowest BCUT2D eigenvalue weighted by Crippen LogP contribution is -2.07. The Kier molecular flexibility index (Phi) is 4.52. The van der Waals surface area contributed by atoms with Gasteiger partial charge in [-0.25, -0.2) is 0 Å². The van der Waals surface area contributed by atoms with E-state index in [0.29, 0.717) is 5.92 Å². The number of rotatable bonds is 4. The fraction of sp³-hybridized carbons (Fsp3) is 0.238. The first-order valence-electron chi connectivity index (χ1n) is 8.00. The van der Waals surface area contributed by atoms with Crippen molar-refractivity contribution in [3.8, 4) is 17.2 Å². The molecule has 0 heterocycles. The van der Waals surface area contributed by atoms with Gasteiger partial charge in [0.1, 0.15) is 23.0 Å². The van der Waals surface area contributed by atoms with Crippen LogP contribution in [0.1, 0.15) is 25.8 Å². The highest BCUT2D eigenvalue weighted by Gasteiger charge is 2.13. The standard InChI is InChI=1S/C21H22O2/c1-15-4-7-18(8-5-15)22-19-10-12-20(13-11-19)23-21-9-6-16(2)17(3)14-21/h4-13,17H,14H2,1-3H3. The van der Waals surface area contributed by atoms with Gasteiger partial charge in [-0.3, -0.25) is 0 Å². The molecule has 0 aromatic heterocycles. The lowest BCUT2D eigenvalue weighted by atomic mass is 9.94. The average molecular weight is 306 g/mol. The number of hydrogen-bond acceptors (Lipinski definition) is 2. The van der Waals surface area contributed by atoms with E-state index in [1.54, 1.807) is 0 Å². The minimum absolute atomic E-state index is 0.541. The normalized spacial score (nSPS) is 17.3. The second-order valence-corrected chi connectivity index (χ2v) is 6.14. The molecule has 0 spiro atoms. The Labute approximate surface area is 138 Å². The van der Waals surface area contributed by atoms with Crippen LogP contribution in [0.4, 0.5) is 0 Å². The fourth-order valence-corrected chi connectivity index (χ4v) is 2.46. The number of hydrogen-bond donors (Lipinski definition) is 0. The Hall–Kier alpha value is -2.48. The largest absolute Gasteiger partial charge is 0.462 e. The molecule has 0 radical (unpaired) electrons. The van der Waals surface area contributed by atoms with E-state index in [4.69, 9.17) is 9.47 Å². The van der Waals surface area contributed by atoms with Gasteiger partial charge in [-0.1, -0.05) is 36.3 Å². The van der Waals surface area contributed by atoms with E-state index in [1.807, 2.05) is 48.5 Å². The van der Waals surface area contributed by atoms with Gasteiger partial charge in [0, 0.05) is 6.42 Å². The van der Waals surface area contributed by atoms with Gasteiger partial charge in [0.05, 0.1) is 0 Å². The van der Waals surface area contributed by atoms with Gasteiger partial charge in [-0.15, -0.1) is 0 Å². The third kappa shape index (κ3) is 4.04. The molecule has 2 aromatic rings. The Morgan fingerprint density at radius 3 is 1.83 bits per heavy atom. The average Bonchev–Trinajstić information content (AvgIpc) is 2.55. The summed E-state index contributed by atoms with van der Waals surface area (Å²) in [7, 11) is 0. The van der Waals surface area contributed by atoms with Gasteiger partial charge in [0.15, 0.2) is 0 Å². The first-order valence-corrected chi connectivity index (χ1v) is 8.00. The van der Waals surface area contributed by atoms with Crippen molar-refractivity contribution in [1.82, 2.24) is 0 Å². The molecule has 0 saturated heterocycles. The Morgan fingerprint density at radius 1 is 0.739 bits per heavy atom. The summed E-state index contributed by atoms with van der Waals surface area (Å²) in [5.41, 5.74) is 2.62. The second-order valence-electron chi connectivity index (χ2n) is 6.14. The molecule has 2 heteroatoms. The predicted octanol–water partition coefficient (Wildman–Crippen LogP) is 6.04. The number of ether oxygens (including phenoxy) is 2. The lowest BCUT2D eigenvalue weighted by Gasteiger charge is -2.19. The van der Waals surface area contributed by atoms with Crippen LogP contribution in [0, 0.1) is 12.8 Å². The minimum atomic E-state index is 0.541. The molecule has 0 N–H and O–H groups in total. The van der Waals surface area contributed by atoms with Crippen LogP contribution >= 0.6 is 0 Å². The molecule has 1 aliphatic rings. The maximum absolute atomic E-state index is 5.96. The Morgan fingerprint density at radius 2 is 1.26 bits per heavy atom. The summed E-state index contributed by atoms with van der Waals surface area (Å²) >= 11 is 0. The number of aryl methyl sites for hydroxylation is 1. The molecular formula is C21H22O2. The van der Waals surface area contributed by atoms with Gasteiger partial charge >= 0.3 is 0 Å². The van der Waals surface area contributed by atoms with Crippen molar-refractivity contribution in [3.05, 3.63) is 77.6 Å². The fourth-order valence-electron chi connectivity index (χ4n) is 2.46. The van der Waals surface area contributed by atoms with Gasteiger partial charge in [0.25, 0.3) is 0 Å². The zero-order valence-corrected chi connectivity index (χ0v) is 13.9. The van der Waals surface area contributed by atoms with E-state index in [-0.39, 0.29) is 0 Å². The molecule has 0 amide bonds. The summed E-state index contributed by atoms with van der Waals surface area (Å²) in [6.45, 7) is 6.45. The first kappa shape index (κ1) is 15.4. The van der Waals surface area contributed by atoms with Gasteiger partial charge in [0.2, 0.25) is 0 Å². The van der Waals surface area contributed by atoms with Crippen molar-refractivity contribution in [1.29, 1.82) is 0 Å². The SMILES string of the molecule is CC1=CC=C(Oc2ccc(Oc3ccc(C)cc3)cc2)CC1C. The van der Waals surface area contributed by atoms with E-state index >= 15 is 0 Å². The van der Waals surface area contributed by atoms with E-state index in [2.05, 4.69) is 32.9 Å². The van der Waals surface area contributed by atoms with Crippen LogP contribution in [0.3, 0.4) is 0 Å². The van der Waals surface area contributed by atoms with Crippen LogP contribution in [0.5, 0.6) is 17.2 Å². The molecule has 0 bridgehead atoms. The monoisotopic (exact) mass is 306 g/mol. The molecule has 0 aliphatic heterocycles. The maximum Gasteiger partial charge on any atom is 0.127 e. The zero-order valence-electron chi connectivity index (χ0n) is 13.9. The number of allylic oxidation sites excluding steroid dienone is 4. The third-order valence-electron chi connectivity index (χ3n) is 4.15. The summed E-state index contributed by atoms with van der Waals surface area (Å²) in [4.78, 5) is 0. The molecule has 2 aromatic carbocycles. The quantitative estimate of drug-likeness (QED) is 0.686. The third-order valence-corrected chi connectivity index (χ3v) is 4.15. The predicted molar refractivity (Wildman–Crippen MR) is 93.9 cm³/mol. The van der Waals surface area contributed by atoms with Crippen LogP contribution < -0.4 is 9.47 Å². The summed E-state index contributed by atoms with van der Waals surface area (Å²) < 4.78 is 11.8. The summed E-state index contributed by atoms with van der Waals surface area (Å²) in [5, 5.41) is 0. The van der Waals surface area contributed by atoms with Gasteiger partial charge in [-0.05, 0) is 62.2 Å². The highest BCUT2D eigenvalue weighted by atomic mass is 16.5. The molecule has 2 nitrogen and oxygen atoms in total. The van der Waals surface area contributed by atoms with Crippen LogP contribution in [0.25, 0.3) is 0 Å². The molecule has 1 atom stereocenters. The second kappa shape index (κ2) is 6.74. The van der Waals surface area contributed by atoms with E-state index in [9.17, 15) is 0 Å². The lowest BCUT2D eigenvalue weighted by molar-refractivity contribution is 0.379. The van der Waals surface area contributed by atoms with Crippen molar-refractivity contribution in [2.75, 3.05) is 0 Å². The molecule has 1 aliphatic carbocycles. The van der Waals surface area contributed by atoms with Crippen molar-refractivity contribution < 1.29 is 9.47 Å². The molecule has 23 heavy (non-hydrogen) atoms. The maximum atomic E-state index is 5.96. The molecule has 3 rings (SSSR count). The van der Waals surface area contributed by atoms with Crippen molar-refractivity contribution in [3.63, 3.8) is 0 Å². The van der Waals surface area contributed by atoms with E-state index in [1.165, 1.54) is 11.1 Å². The molecule has 0 saturated carbocycles. The molecular weight excluding hydrogens is 284 g/mol. The molecule has 118 valence electrons. The minimum Gasteiger partial charge on any atom is -0.462 e. The molecule has 0 fully saturated rings. The van der Waals surface area contributed by atoms with Gasteiger partial charge < -0.3 is 9.47 Å². The highest BCUT2D eigenvalue weighted by Crippen LogP contribution is 2.28. The van der Waals surface area contributed by atoms with Crippen molar-refractivity contribution >= 4 is 0 Å². The van der Waals surface area contributed by atoms with E-state index < -0.39 is 0 Å². The van der Waals surface area contributed by atoms with Crippen LogP contribution in [-0.2, 0) is 0 Å². The van der Waals surface area contributed by atoms with E-state index in [0.717, 1.165) is 29.4 Å². The summed E-state index contributed by atoms with van der Waals surface area (Å²) in [5.74, 6) is 4.04. The Balaban J connectivity index is 1.64. The topological polar surface area (TPSA) is 18.5 Å². The summed E-state index contributed by atoms with van der Waals surface area (Å²) in [6, 6.07) is 15.8. The van der Waals surface area contributed by atoms with Crippen LogP contribution in [0.15, 0.2) is 72.0 Å². The van der Waals surface area contributed by atoms with Gasteiger partial charge in [-0.2, -0.15) is 0 Å². The van der Waals surface area contributed by atoms with Crippen LogP contribution in [-0.4, -0.2) is 0 Å². The van der Waals surface area contributed by atoms with Crippen LogP contribution in [0.2, 0.25) is 0 Å². The highest BCUT2D eigenvalue weighted by molar-refractivity contribution is 5.37. The summed E-state index contributed by atoms with van der Waals surface area (Å²) in [6.07, 6.45) is 5.15. The zero-order chi connectivity index (χ0) is 16.2. The first-order chi connectivity index (χ1) is 11.1.